The fourth-order valence-electron chi connectivity index (χ4n) is 3.65. The van der Waals surface area contributed by atoms with E-state index in [1.54, 1.807) is 12.1 Å². The molecular formula is C18H22FN3O3. The van der Waals surface area contributed by atoms with E-state index in [2.05, 4.69) is 15.0 Å². The van der Waals surface area contributed by atoms with E-state index < -0.39 is 0 Å². The van der Waals surface area contributed by atoms with Gasteiger partial charge in [0.05, 0.1) is 6.04 Å². The number of halogens is 1. The average Bonchev–Trinajstić information content (AvgIpc) is 3.31. The topological polar surface area (TPSA) is 60.6 Å². The summed E-state index contributed by atoms with van der Waals surface area (Å²) in [5.74, 6) is 1.47. The smallest absolute Gasteiger partial charge is 0.244 e. The minimum absolute atomic E-state index is 0.190. The Morgan fingerprint density at radius 1 is 1.16 bits per heavy atom. The van der Waals surface area contributed by atoms with Gasteiger partial charge < -0.3 is 14.0 Å². The highest BCUT2D eigenvalue weighted by Crippen LogP contribution is 2.35. The molecule has 7 heteroatoms. The van der Waals surface area contributed by atoms with Crippen LogP contribution in [0.1, 0.15) is 43.4 Å². The molecule has 0 radical (unpaired) electrons. The van der Waals surface area contributed by atoms with E-state index in [1.807, 2.05) is 0 Å². The molecule has 2 aromatic rings. The zero-order valence-electron chi connectivity index (χ0n) is 14.1. The Morgan fingerprint density at radius 3 is 2.76 bits per heavy atom. The van der Waals surface area contributed by atoms with Crippen LogP contribution in [-0.2, 0) is 11.3 Å². The van der Waals surface area contributed by atoms with Crippen LogP contribution in [0, 0.1) is 5.82 Å². The number of hydrogen-bond acceptors (Lipinski definition) is 6. The normalized spacial score (nSPS) is 22.4. The molecule has 1 atom stereocenters. The van der Waals surface area contributed by atoms with Gasteiger partial charge in [0, 0.05) is 19.3 Å². The van der Waals surface area contributed by atoms with E-state index in [0.29, 0.717) is 23.5 Å². The van der Waals surface area contributed by atoms with Crippen LogP contribution < -0.4 is 4.74 Å². The molecular weight excluding hydrogens is 325 g/mol. The standard InChI is InChI=1S/C18H22FN3O3/c19-13-3-5-15(6-4-13)24-12-17-20-18(25-21-17)16-2-1-9-22(16)14-7-10-23-11-8-14/h3-6,14,16H,1-2,7-12H2. The molecule has 0 amide bonds. The number of hydrogen-bond donors (Lipinski definition) is 0. The molecule has 0 bridgehead atoms. The molecule has 1 aromatic carbocycles. The highest BCUT2D eigenvalue weighted by Gasteiger charge is 2.35. The largest absolute Gasteiger partial charge is 0.485 e. The van der Waals surface area contributed by atoms with Crippen LogP contribution in [0.3, 0.4) is 0 Å². The molecule has 0 spiro atoms. The monoisotopic (exact) mass is 347 g/mol. The van der Waals surface area contributed by atoms with E-state index in [0.717, 1.165) is 45.4 Å². The van der Waals surface area contributed by atoms with Gasteiger partial charge in [-0.05, 0) is 56.5 Å². The molecule has 6 nitrogen and oxygen atoms in total. The molecule has 0 saturated carbocycles. The Morgan fingerprint density at radius 2 is 1.96 bits per heavy atom. The van der Waals surface area contributed by atoms with Crippen LogP contribution in [0.4, 0.5) is 4.39 Å². The number of rotatable bonds is 5. The van der Waals surface area contributed by atoms with E-state index >= 15 is 0 Å². The summed E-state index contributed by atoms with van der Waals surface area (Å²) in [5, 5.41) is 4.04. The maximum atomic E-state index is 12.9. The summed E-state index contributed by atoms with van der Waals surface area (Å²) >= 11 is 0. The van der Waals surface area contributed by atoms with Gasteiger partial charge in [0.1, 0.15) is 11.6 Å². The molecule has 4 rings (SSSR count). The molecule has 0 aliphatic carbocycles. The van der Waals surface area contributed by atoms with Gasteiger partial charge in [0.15, 0.2) is 6.61 Å². The van der Waals surface area contributed by atoms with E-state index in [9.17, 15) is 4.39 Å². The molecule has 2 saturated heterocycles. The minimum atomic E-state index is -0.288. The molecule has 25 heavy (non-hydrogen) atoms. The molecule has 134 valence electrons. The first-order valence-electron chi connectivity index (χ1n) is 8.84. The maximum Gasteiger partial charge on any atom is 0.244 e. The summed E-state index contributed by atoms with van der Waals surface area (Å²) in [6.07, 6.45) is 4.31. The van der Waals surface area contributed by atoms with E-state index in [-0.39, 0.29) is 18.5 Å². The van der Waals surface area contributed by atoms with Crippen molar-refractivity contribution in [2.24, 2.45) is 0 Å². The summed E-state index contributed by atoms with van der Waals surface area (Å²) in [5.41, 5.74) is 0. The summed E-state index contributed by atoms with van der Waals surface area (Å²) in [6.45, 7) is 2.93. The molecule has 2 aliphatic heterocycles. The summed E-state index contributed by atoms with van der Waals surface area (Å²) < 4.78 is 29.5. The highest BCUT2D eigenvalue weighted by molar-refractivity contribution is 5.22. The first-order chi connectivity index (χ1) is 12.3. The third kappa shape index (κ3) is 3.82. The number of ether oxygens (including phenoxy) is 2. The quantitative estimate of drug-likeness (QED) is 0.828. The van der Waals surface area contributed by atoms with Crippen molar-refractivity contribution in [1.82, 2.24) is 15.0 Å². The molecule has 1 unspecified atom stereocenters. The van der Waals surface area contributed by atoms with Crippen LogP contribution in [0.2, 0.25) is 0 Å². The highest BCUT2D eigenvalue weighted by atomic mass is 19.1. The van der Waals surface area contributed by atoms with Crippen molar-refractivity contribution in [1.29, 1.82) is 0 Å². The Balaban J connectivity index is 1.39. The van der Waals surface area contributed by atoms with Crippen molar-refractivity contribution in [3.8, 4) is 5.75 Å². The van der Waals surface area contributed by atoms with Gasteiger partial charge in [0.2, 0.25) is 11.7 Å². The maximum absolute atomic E-state index is 12.9. The van der Waals surface area contributed by atoms with Gasteiger partial charge in [-0.2, -0.15) is 4.98 Å². The summed E-state index contributed by atoms with van der Waals surface area (Å²) in [4.78, 5) is 7.01. The first kappa shape index (κ1) is 16.5. The van der Waals surface area contributed by atoms with Crippen molar-refractivity contribution < 1.29 is 18.4 Å². The minimum Gasteiger partial charge on any atom is -0.485 e. The van der Waals surface area contributed by atoms with Crippen LogP contribution in [0.15, 0.2) is 28.8 Å². The number of benzene rings is 1. The summed E-state index contributed by atoms with van der Waals surface area (Å²) in [7, 11) is 0. The predicted molar refractivity (Wildman–Crippen MR) is 87.6 cm³/mol. The Bertz CT molecular complexity index is 685. The third-order valence-electron chi connectivity index (χ3n) is 4.90. The lowest BCUT2D eigenvalue weighted by atomic mass is 10.1. The lowest BCUT2D eigenvalue weighted by Crippen LogP contribution is -2.39. The lowest BCUT2D eigenvalue weighted by molar-refractivity contribution is 0.0243. The molecule has 1 aromatic heterocycles. The van der Waals surface area contributed by atoms with Crippen molar-refractivity contribution in [3.05, 3.63) is 41.8 Å². The van der Waals surface area contributed by atoms with E-state index in [1.165, 1.54) is 12.1 Å². The zero-order valence-corrected chi connectivity index (χ0v) is 14.1. The number of nitrogens with zero attached hydrogens (tertiary/aromatic N) is 3. The fraction of sp³-hybridized carbons (Fsp3) is 0.556. The molecule has 3 heterocycles. The second-order valence-corrected chi connectivity index (χ2v) is 6.53. The van der Waals surface area contributed by atoms with Crippen LogP contribution in [0.5, 0.6) is 5.75 Å². The Hall–Kier alpha value is -1.99. The van der Waals surface area contributed by atoms with Crippen molar-refractivity contribution in [2.45, 2.75) is 44.4 Å². The second-order valence-electron chi connectivity index (χ2n) is 6.53. The Labute approximate surface area is 145 Å². The second kappa shape index (κ2) is 7.49. The lowest BCUT2D eigenvalue weighted by Gasteiger charge is -2.33. The van der Waals surface area contributed by atoms with Crippen LogP contribution in [-0.4, -0.2) is 40.8 Å². The molecule has 0 N–H and O–H groups in total. The molecule has 2 aliphatic rings. The van der Waals surface area contributed by atoms with Gasteiger partial charge >= 0.3 is 0 Å². The fourth-order valence-corrected chi connectivity index (χ4v) is 3.65. The van der Waals surface area contributed by atoms with E-state index in [4.69, 9.17) is 14.0 Å². The summed E-state index contributed by atoms with van der Waals surface area (Å²) in [6, 6.07) is 6.62. The third-order valence-corrected chi connectivity index (χ3v) is 4.90. The SMILES string of the molecule is Fc1ccc(OCc2noc(C3CCCN3C3CCOCC3)n2)cc1. The van der Waals surface area contributed by atoms with Gasteiger partial charge in [-0.3, -0.25) is 4.90 Å². The van der Waals surface area contributed by atoms with Crippen LogP contribution >= 0.6 is 0 Å². The first-order valence-corrected chi connectivity index (χ1v) is 8.84. The van der Waals surface area contributed by atoms with Gasteiger partial charge in [-0.15, -0.1) is 0 Å². The van der Waals surface area contributed by atoms with Crippen molar-refractivity contribution in [2.75, 3.05) is 19.8 Å². The molecule has 2 fully saturated rings. The van der Waals surface area contributed by atoms with Crippen molar-refractivity contribution in [3.63, 3.8) is 0 Å². The van der Waals surface area contributed by atoms with Crippen LogP contribution in [0.25, 0.3) is 0 Å². The van der Waals surface area contributed by atoms with Gasteiger partial charge in [-0.25, -0.2) is 4.39 Å². The predicted octanol–water partition coefficient (Wildman–Crippen LogP) is 3.10. The number of aromatic nitrogens is 2. The zero-order chi connectivity index (χ0) is 17.1. The van der Waals surface area contributed by atoms with Gasteiger partial charge in [-0.1, -0.05) is 5.16 Å². The van der Waals surface area contributed by atoms with Crippen molar-refractivity contribution >= 4 is 0 Å². The number of likely N-dealkylation sites (tertiary alicyclic amines) is 1. The average molecular weight is 347 g/mol. The van der Waals surface area contributed by atoms with Gasteiger partial charge in [0.25, 0.3) is 0 Å². The Kier molecular flexibility index (Phi) is 4.94.